The molecule has 0 amide bonds. The Morgan fingerprint density at radius 2 is 1.96 bits per heavy atom. The van der Waals surface area contributed by atoms with Crippen LogP contribution in [0.5, 0.6) is 0 Å². The fourth-order valence-electron chi connectivity index (χ4n) is 2.80. The van der Waals surface area contributed by atoms with Crippen LogP contribution in [0.1, 0.15) is 19.8 Å². The van der Waals surface area contributed by atoms with Crippen molar-refractivity contribution < 1.29 is 0 Å². The molecule has 23 heavy (non-hydrogen) atoms. The molecule has 7 nitrogen and oxygen atoms in total. The van der Waals surface area contributed by atoms with Gasteiger partial charge in [-0.2, -0.15) is 4.52 Å². The topological polar surface area (TPSA) is 78.0 Å². The quantitative estimate of drug-likeness (QED) is 0.577. The number of fused-ring (bicyclic) bond motifs is 5. The summed E-state index contributed by atoms with van der Waals surface area (Å²) in [6, 6.07) is 7.43. The largest absolute Gasteiger partial charge is 0.291 e. The average molecular weight is 329 g/mol. The van der Waals surface area contributed by atoms with E-state index in [1.807, 2.05) is 24.3 Å². The molecule has 0 spiro atoms. The first-order valence-corrected chi connectivity index (χ1v) is 7.78. The Morgan fingerprint density at radius 3 is 2.74 bits per heavy atom. The normalized spacial score (nSPS) is 11.7. The fourth-order valence-corrected chi connectivity index (χ4v) is 2.92. The molecule has 4 aromatic rings. The molecule has 3 heterocycles. The van der Waals surface area contributed by atoms with Crippen LogP contribution in [0.25, 0.3) is 27.7 Å². The zero-order valence-electron chi connectivity index (χ0n) is 12.4. The van der Waals surface area contributed by atoms with Gasteiger partial charge in [-0.05, 0) is 24.1 Å². The lowest BCUT2D eigenvalue weighted by Crippen LogP contribution is -2.22. The summed E-state index contributed by atoms with van der Waals surface area (Å²) in [7, 11) is 0. The summed E-state index contributed by atoms with van der Waals surface area (Å²) in [6.45, 7) is 2.67. The number of aromatic nitrogens is 6. The van der Waals surface area contributed by atoms with E-state index in [4.69, 9.17) is 11.6 Å². The maximum atomic E-state index is 12.9. The highest BCUT2D eigenvalue weighted by Gasteiger charge is 2.17. The van der Waals surface area contributed by atoms with Crippen LogP contribution in [0.2, 0.25) is 5.28 Å². The van der Waals surface area contributed by atoms with Gasteiger partial charge < -0.3 is 0 Å². The third-order valence-corrected chi connectivity index (χ3v) is 4.02. The smallest absolute Gasteiger partial charge is 0.272 e. The molecule has 4 rings (SSSR count). The summed E-state index contributed by atoms with van der Waals surface area (Å²) < 4.78 is 3.19. The van der Waals surface area contributed by atoms with Gasteiger partial charge in [-0.1, -0.05) is 31.5 Å². The molecule has 8 heteroatoms. The summed E-state index contributed by atoms with van der Waals surface area (Å²) in [5.74, 6) is 0.324. The minimum atomic E-state index is -0.0573. The predicted octanol–water partition coefficient (Wildman–Crippen LogP) is 2.44. The monoisotopic (exact) mass is 328 g/mol. The van der Waals surface area contributed by atoms with Crippen LogP contribution in [-0.4, -0.2) is 29.4 Å². The van der Waals surface area contributed by atoms with E-state index < -0.39 is 0 Å². The van der Waals surface area contributed by atoms with Crippen molar-refractivity contribution in [1.82, 2.24) is 29.4 Å². The maximum Gasteiger partial charge on any atom is 0.272 e. The summed E-state index contributed by atoms with van der Waals surface area (Å²) in [6.07, 6.45) is 1.86. The number of nitrogens with zero attached hydrogens (tertiary/aromatic N) is 6. The van der Waals surface area contributed by atoms with Gasteiger partial charge in [-0.15, -0.1) is 15.3 Å². The first kappa shape index (κ1) is 14.1. The Labute approximate surface area is 135 Å². The second kappa shape index (κ2) is 5.27. The Morgan fingerprint density at radius 1 is 1.17 bits per heavy atom. The van der Waals surface area contributed by atoms with Crippen molar-refractivity contribution >= 4 is 39.3 Å². The summed E-state index contributed by atoms with van der Waals surface area (Å²) in [5, 5.41) is 13.3. The molecular formula is C15H13ClN6O. The third kappa shape index (κ3) is 2.08. The van der Waals surface area contributed by atoms with Crippen LogP contribution in [0.3, 0.4) is 0 Å². The van der Waals surface area contributed by atoms with Gasteiger partial charge in [0.1, 0.15) is 5.52 Å². The number of aryl methyl sites for hydroxylation is 1. The van der Waals surface area contributed by atoms with Crippen LogP contribution < -0.4 is 5.56 Å². The molecule has 0 aliphatic heterocycles. The summed E-state index contributed by atoms with van der Waals surface area (Å²) >= 11 is 5.87. The molecular weight excluding hydrogens is 316 g/mol. The highest BCUT2D eigenvalue weighted by Crippen LogP contribution is 2.22. The van der Waals surface area contributed by atoms with Crippen molar-refractivity contribution in [3.05, 3.63) is 39.9 Å². The van der Waals surface area contributed by atoms with E-state index in [0.717, 1.165) is 18.2 Å². The molecule has 0 aliphatic carbocycles. The molecule has 0 atom stereocenters. The van der Waals surface area contributed by atoms with Crippen LogP contribution in [0.15, 0.2) is 29.1 Å². The van der Waals surface area contributed by atoms with Crippen molar-refractivity contribution in [3.8, 4) is 0 Å². The van der Waals surface area contributed by atoms with Crippen LogP contribution in [-0.2, 0) is 6.54 Å². The number of halogens is 1. The number of imidazole rings is 1. The van der Waals surface area contributed by atoms with E-state index in [0.29, 0.717) is 28.9 Å². The lowest BCUT2D eigenvalue weighted by atomic mass is 10.1. The molecule has 0 saturated carbocycles. The van der Waals surface area contributed by atoms with Gasteiger partial charge in [0, 0.05) is 17.3 Å². The van der Waals surface area contributed by atoms with Gasteiger partial charge in [-0.3, -0.25) is 9.36 Å². The van der Waals surface area contributed by atoms with E-state index in [2.05, 4.69) is 27.2 Å². The molecule has 0 radical (unpaired) electrons. The first-order chi connectivity index (χ1) is 11.2. The summed E-state index contributed by atoms with van der Waals surface area (Å²) in [5.41, 5.74) is 1.23. The number of hydrogen-bond donors (Lipinski definition) is 0. The number of rotatable bonds is 3. The number of pyridine rings is 1. The molecule has 0 bridgehead atoms. The minimum Gasteiger partial charge on any atom is -0.291 e. The Balaban J connectivity index is 2.25. The number of unbranched alkanes of at least 4 members (excludes halogenated alkanes) is 1. The van der Waals surface area contributed by atoms with Crippen LogP contribution in [0, 0.1) is 0 Å². The molecule has 1 aromatic carbocycles. The lowest BCUT2D eigenvalue weighted by molar-refractivity contribution is 0.624. The van der Waals surface area contributed by atoms with E-state index in [1.54, 1.807) is 4.57 Å². The van der Waals surface area contributed by atoms with Gasteiger partial charge in [0.25, 0.3) is 16.6 Å². The van der Waals surface area contributed by atoms with Crippen LogP contribution in [0.4, 0.5) is 0 Å². The van der Waals surface area contributed by atoms with E-state index in [9.17, 15) is 4.79 Å². The number of benzene rings is 1. The molecule has 0 fully saturated rings. The second-order valence-corrected chi connectivity index (χ2v) is 5.66. The van der Waals surface area contributed by atoms with E-state index in [-0.39, 0.29) is 10.8 Å². The minimum absolute atomic E-state index is 0.0134. The SMILES string of the molecule is CCCCn1c(=O)c2ccccc2c2nc3nnc(Cl)nn3c21. The van der Waals surface area contributed by atoms with Crippen LogP contribution >= 0.6 is 11.6 Å². The number of hydrogen-bond acceptors (Lipinski definition) is 5. The molecule has 3 aromatic heterocycles. The zero-order chi connectivity index (χ0) is 16.0. The van der Waals surface area contributed by atoms with Gasteiger partial charge in [0.15, 0.2) is 5.65 Å². The maximum absolute atomic E-state index is 12.9. The molecule has 0 aliphatic rings. The lowest BCUT2D eigenvalue weighted by Gasteiger charge is -2.09. The molecule has 0 unspecified atom stereocenters. The average Bonchev–Trinajstić information content (AvgIpc) is 2.94. The molecule has 0 N–H and O–H groups in total. The highest BCUT2D eigenvalue weighted by atomic mass is 35.5. The van der Waals surface area contributed by atoms with Gasteiger partial charge in [-0.25, -0.2) is 4.98 Å². The Kier molecular flexibility index (Phi) is 3.23. The van der Waals surface area contributed by atoms with Crippen molar-refractivity contribution in [2.24, 2.45) is 0 Å². The Hall–Kier alpha value is -2.54. The van der Waals surface area contributed by atoms with Gasteiger partial charge in [0.2, 0.25) is 0 Å². The molecule has 116 valence electrons. The van der Waals surface area contributed by atoms with Crippen molar-refractivity contribution in [1.29, 1.82) is 0 Å². The third-order valence-electron chi connectivity index (χ3n) is 3.87. The Bertz CT molecular complexity index is 1100. The van der Waals surface area contributed by atoms with Gasteiger partial charge >= 0.3 is 0 Å². The molecule has 0 saturated heterocycles. The predicted molar refractivity (Wildman–Crippen MR) is 87.8 cm³/mol. The standard InChI is InChI=1S/C15H13ClN6O/c1-2-3-8-21-12-11(9-6-4-5-7-10(9)13(21)23)17-15-19-18-14(16)20-22(12)15/h4-7H,2-3,8H2,1H3. The van der Waals surface area contributed by atoms with Crippen molar-refractivity contribution in [3.63, 3.8) is 0 Å². The second-order valence-electron chi connectivity index (χ2n) is 5.32. The fraction of sp³-hybridized carbons (Fsp3) is 0.267. The van der Waals surface area contributed by atoms with Crippen molar-refractivity contribution in [2.75, 3.05) is 0 Å². The summed E-state index contributed by atoms with van der Waals surface area (Å²) in [4.78, 5) is 17.4. The van der Waals surface area contributed by atoms with Gasteiger partial charge in [0.05, 0.1) is 0 Å². The van der Waals surface area contributed by atoms with E-state index >= 15 is 0 Å². The zero-order valence-corrected chi connectivity index (χ0v) is 13.2. The highest BCUT2D eigenvalue weighted by molar-refractivity contribution is 6.28. The first-order valence-electron chi connectivity index (χ1n) is 7.41. The van der Waals surface area contributed by atoms with Crippen molar-refractivity contribution in [2.45, 2.75) is 26.3 Å². The van der Waals surface area contributed by atoms with E-state index in [1.165, 1.54) is 4.52 Å².